The van der Waals surface area contributed by atoms with Crippen molar-refractivity contribution in [3.05, 3.63) is 48.0 Å². The summed E-state index contributed by atoms with van der Waals surface area (Å²) in [4.78, 5) is 23.4. The summed E-state index contributed by atoms with van der Waals surface area (Å²) in [7, 11) is 0. The first-order valence-corrected chi connectivity index (χ1v) is 7.16. The molecular formula is C17H17NO3. The molecule has 0 aromatic heterocycles. The van der Waals surface area contributed by atoms with E-state index >= 15 is 0 Å². The number of aliphatic carboxylic acids is 1. The van der Waals surface area contributed by atoms with E-state index in [1.54, 1.807) is 6.07 Å². The van der Waals surface area contributed by atoms with Crippen LogP contribution >= 0.6 is 0 Å². The van der Waals surface area contributed by atoms with Gasteiger partial charge in [0.2, 0.25) is 0 Å². The molecule has 0 bridgehead atoms. The van der Waals surface area contributed by atoms with Gasteiger partial charge in [-0.25, -0.2) is 0 Å². The van der Waals surface area contributed by atoms with E-state index in [9.17, 15) is 9.59 Å². The molecule has 0 saturated heterocycles. The maximum Gasteiger partial charge on any atom is 0.306 e. The monoisotopic (exact) mass is 283 g/mol. The van der Waals surface area contributed by atoms with E-state index in [4.69, 9.17) is 5.11 Å². The van der Waals surface area contributed by atoms with Gasteiger partial charge in [0.1, 0.15) is 0 Å². The van der Waals surface area contributed by atoms with Gasteiger partial charge in [-0.2, -0.15) is 0 Å². The third-order valence-electron chi connectivity index (χ3n) is 4.15. The van der Waals surface area contributed by atoms with Crippen LogP contribution in [0.3, 0.4) is 0 Å². The number of hydrogen-bond donors (Lipinski definition) is 2. The lowest BCUT2D eigenvalue weighted by molar-refractivity contribution is -0.141. The molecule has 1 saturated carbocycles. The van der Waals surface area contributed by atoms with Gasteiger partial charge in [-0.15, -0.1) is 0 Å². The summed E-state index contributed by atoms with van der Waals surface area (Å²) in [5.41, 5.74) is 0.645. The molecule has 1 amide bonds. The van der Waals surface area contributed by atoms with E-state index in [1.165, 1.54) is 0 Å². The van der Waals surface area contributed by atoms with Gasteiger partial charge in [0.05, 0.1) is 5.92 Å². The zero-order valence-electron chi connectivity index (χ0n) is 11.6. The van der Waals surface area contributed by atoms with Crippen molar-refractivity contribution in [3.8, 4) is 0 Å². The molecule has 2 atom stereocenters. The minimum absolute atomic E-state index is 0.0439. The average Bonchev–Trinajstić information content (AvgIpc) is 2.95. The molecule has 3 rings (SSSR count). The predicted octanol–water partition coefficient (Wildman–Crippen LogP) is 2.82. The number of carboxylic acids is 1. The van der Waals surface area contributed by atoms with Gasteiger partial charge in [0, 0.05) is 11.6 Å². The maximum atomic E-state index is 12.4. The standard InChI is InChI=1S/C17H17NO3/c19-16(18-13-9-8-12(10-13)17(20)21)15-7-3-5-11-4-1-2-6-14(11)15/h1-7,12-13H,8-10H2,(H,18,19)(H,20,21). The number of carboxylic acid groups (broad SMARTS) is 1. The lowest BCUT2D eigenvalue weighted by Crippen LogP contribution is -2.33. The first-order chi connectivity index (χ1) is 10.1. The summed E-state index contributed by atoms with van der Waals surface area (Å²) >= 11 is 0. The van der Waals surface area contributed by atoms with Gasteiger partial charge >= 0.3 is 5.97 Å². The van der Waals surface area contributed by atoms with E-state index < -0.39 is 5.97 Å². The SMILES string of the molecule is O=C(NC1CCC(C(=O)O)C1)c1cccc2ccccc12. The van der Waals surface area contributed by atoms with E-state index in [0.29, 0.717) is 18.4 Å². The number of hydrogen-bond acceptors (Lipinski definition) is 2. The van der Waals surface area contributed by atoms with Crippen LogP contribution in [0.1, 0.15) is 29.6 Å². The molecular weight excluding hydrogens is 266 g/mol. The van der Waals surface area contributed by atoms with Crippen molar-refractivity contribution in [2.45, 2.75) is 25.3 Å². The van der Waals surface area contributed by atoms with Gasteiger partial charge in [-0.3, -0.25) is 9.59 Å². The number of amides is 1. The van der Waals surface area contributed by atoms with Crippen molar-refractivity contribution in [1.82, 2.24) is 5.32 Å². The van der Waals surface area contributed by atoms with Crippen molar-refractivity contribution in [2.75, 3.05) is 0 Å². The van der Waals surface area contributed by atoms with Gasteiger partial charge in [0.25, 0.3) is 5.91 Å². The van der Waals surface area contributed by atoms with Gasteiger partial charge in [0.15, 0.2) is 0 Å². The fourth-order valence-electron chi connectivity index (χ4n) is 3.02. The van der Waals surface area contributed by atoms with Crippen LogP contribution in [-0.2, 0) is 4.79 Å². The molecule has 4 heteroatoms. The maximum absolute atomic E-state index is 12.4. The highest BCUT2D eigenvalue weighted by atomic mass is 16.4. The van der Waals surface area contributed by atoms with Crippen LogP contribution in [0.15, 0.2) is 42.5 Å². The number of carbonyl (C=O) groups excluding carboxylic acids is 1. The summed E-state index contributed by atoms with van der Waals surface area (Å²) in [6.07, 6.45) is 1.88. The first kappa shape index (κ1) is 13.6. The highest BCUT2D eigenvalue weighted by Gasteiger charge is 2.30. The van der Waals surface area contributed by atoms with Crippen LogP contribution in [0, 0.1) is 5.92 Å². The van der Waals surface area contributed by atoms with Crippen LogP contribution in [0.25, 0.3) is 10.8 Å². The van der Waals surface area contributed by atoms with Gasteiger partial charge < -0.3 is 10.4 Å². The Balaban J connectivity index is 1.78. The zero-order valence-corrected chi connectivity index (χ0v) is 11.6. The third-order valence-corrected chi connectivity index (χ3v) is 4.15. The van der Waals surface area contributed by atoms with Crippen LogP contribution in [0.2, 0.25) is 0 Å². The molecule has 2 aromatic carbocycles. The molecule has 1 aliphatic carbocycles. The van der Waals surface area contributed by atoms with Crippen molar-refractivity contribution in [1.29, 1.82) is 0 Å². The third kappa shape index (κ3) is 2.75. The molecule has 1 fully saturated rings. The lowest BCUT2D eigenvalue weighted by Gasteiger charge is -2.13. The second kappa shape index (κ2) is 5.56. The van der Waals surface area contributed by atoms with Crippen molar-refractivity contribution in [2.24, 2.45) is 5.92 Å². The van der Waals surface area contributed by atoms with E-state index in [-0.39, 0.29) is 17.9 Å². The van der Waals surface area contributed by atoms with E-state index in [2.05, 4.69) is 5.32 Å². The Bertz CT molecular complexity index is 690. The molecule has 21 heavy (non-hydrogen) atoms. The summed E-state index contributed by atoms with van der Waals surface area (Å²) in [6, 6.07) is 13.4. The molecule has 0 radical (unpaired) electrons. The summed E-state index contributed by atoms with van der Waals surface area (Å²) in [5.74, 6) is -1.22. The highest BCUT2D eigenvalue weighted by Crippen LogP contribution is 2.26. The summed E-state index contributed by atoms with van der Waals surface area (Å²) in [6.45, 7) is 0. The largest absolute Gasteiger partial charge is 0.481 e. The number of nitrogens with one attached hydrogen (secondary N) is 1. The van der Waals surface area contributed by atoms with Crippen LogP contribution in [-0.4, -0.2) is 23.0 Å². The van der Waals surface area contributed by atoms with E-state index in [1.807, 2.05) is 36.4 Å². The van der Waals surface area contributed by atoms with Crippen molar-refractivity contribution < 1.29 is 14.7 Å². The predicted molar refractivity (Wildman–Crippen MR) is 80.2 cm³/mol. The van der Waals surface area contributed by atoms with Crippen LogP contribution < -0.4 is 5.32 Å². The van der Waals surface area contributed by atoms with Crippen molar-refractivity contribution >= 4 is 22.6 Å². The van der Waals surface area contributed by atoms with Crippen LogP contribution in [0.4, 0.5) is 0 Å². The molecule has 108 valence electrons. The normalized spacial score (nSPS) is 21.3. The Labute approximate surface area is 122 Å². The molecule has 1 aliphatic rings. The zero-order chi connectivity index (χ0) is 14.8. The first-order valence-electron chi connectivity index (χ1n) is 7.16. The number of carbonyl (C=O) groups is 2. The lowest BCUT2D eigenvalue weighted by atomic mass is 10.0. The molecule has 2 aromatic rings. The minimum Gasteiger partial charge on any atom is -0.481 e. The van der Waals surface area contributed by atoms with Crippen molar-refractivity contribution in [3.63, 3.8) is 0 Å². The Hall–Kier alpha value is -2.36. The Morgan fingerprint density at radius 2 is 1.81 bits per heavy atom. The van der Waals surface area contributed by atoms with Gasteiger partial charge in [-0.05, 0) is 36.1 Å². The fraction of sp³-hybridized carbons (Fsp3) is 0.294. The minimum atomic E-state index is -0.767. The molecule has 0 aliphatic heterocycles. The molecule has 0 heterocycles. The second-order valence-corrected chi connectivity index (χ2v) is 5.55. The Morgan fingerprint density at radius 3 is 2.57 bits per heavy atom. The molecule has 4 nitrogen and oxygen atoms in total. The Kier molecular flexibility index (Phi) is 3.60. The number of fused-ring (bicyclic) bond motifs is 1. The Morgan fingerprint density at radius 1 is 1.05 bits per heavy atom. The molecule has 2 unspecified atom stereocenters. The average molecular weight is 283 g/mol. The smallest absolute Gasteiger partial charge is 0.306 e. The van der Waals surface area contributed by atoms with E-state index in [0.717, 1.165) is 17.2 Å². The quantitative estimate of drug-likeness (QED) is 0.910. The number of benzene rings is 2. The van der Waals surface area contributed by atoms with Gasteiger partial charge in [-0.1, -0.05) is 36.4 Å². The highest BCUT2D eigenvalue weighted by molar-refractivity contribution is 6.07. The second-order valence-electron chi connectivity index (χ2n) is 5.55. The fourth-order valence-corrected chi connectivity index (χ4v) is 3.02. The van der Waals surface area contributed by atoms with Crippen LogP contribution in [0.5, 0.6) is 0 Å². The topological polar surface area (TPSA) is 66.4 Å². The number of rotatable bonds is 3. The summed E-state index contributed by atoms with van der Waals surface area (Å²) in [5, 5.41) is 13.9. The molecule has 0 spiro atoms. The summed E-state index contributed by atoms with van der Waals surface area (Å²) < 4.78 is 0. The molecule has 2 N–H and O–H groups in total.